The lowest BCUT2D eigenvalue weighted by Crippen LogP contribution is -2.30. The van der Waals surface area contributed by atoms with Gasteiger partial charge in [-0.2, -0.15) is 0 Å². The van der Waals surface area contributed by atoms with Gasteiger partial charge < -0.3 is 14.6 Å². The van der Waals surface area contributed by atoms with E-state index < -0.39 is 0 Å². The van der Waals surface area contributed by atoms with Crippen molar-refractivity contribution >= 4 is 29.2 Å². The molecule has 5 heterocycles. The van der Waals surface area contributed by atoms with Gasteiger partial charge in [-0.25, -0.2) is 4.98 Å². The molecule has 1 fully saturated rings. The van der Waals surface area contributed by atoms with Crippen molar-refractivity contribution in [1.82, 2.24) is 19.6 Å². The summed E-state index contributed by atoms with van der Waals surface area (Å²) in [5, 5.41) is 12.3. The van der Waals surface area contributed by atoms with Crippen LogP contribution in [0, 0.1) is 0 Å². The minimum absolute atomic E-state index is 0.713. The van der Waals surface area contributed by atoms with Crippen LogP contribution < -0.4 is 10.2 Å². The molecule has 31 heavy (non-hydrogen) atoms. The molecule has 0 radical (unpaired) electrons. The summed E-state index contributed by atoms with van der Waals surface area (Å²) >= 11 is 0. The molecular weight excluding hydrogens is 386 g/mol. The third-order valence-electron chi connectivity index (χ3n) is 6.05. The average Bonchev–Trinajstić information content (AvgIpc) is 3.49. The molecule has 0 aliphatic carbocycles. The van der Waals surface area contributed by atoms with Gasteiger partial charge in [-0.15, -0.1) is 10.2 Å². The first kappa shape index (κ1) is 18.1. The zero-order valence-electron chi connectivity index (χ0n) is 17.2. The van der Waals surface area contributed by atoms with Crippen LogP contribution in [-0.2, 0) is 6.54 Å². The highest BCUT2D eigenvalue weighted by molar-refractivity contribution is 5.86. The number of nitrogens with one attached hydrogen (secondary N) is 1. The van der Waals surface area contributed by atoms with Crippen LogP contribution in [0.25, 0.3) is 16.8 Å². The molecule has 0 atom stereocenters. The number of hydrogen-bond donors (Lipinski definition) is 1. The summed E-state index contributed by atoms with van der Waals surface area (Å²) in [6.07, 6.45) is 11.6. The van der Waals surface area contributed by atoms with Crippen LogP contribution in [0.2, 0.25) is 0 Å². The van der Waals surface area contributed by atoms with Gasteiger partial charge in [0.1, 0.15) is 0 Å². The number of pyridine rings is 1. The number of fused-ring (bicyclic) bond motifs is 2. The smallest absolute Gasteiger partial charge is 0.160 e. The molecule has 0 unspecified atom stereocenters. The Morgan fingerprint density at radius 2 is 1.84 bits per heavy atom. The molecule has 0 amide bonds. The van der Waals surface area contributed by atoms with E-state index in [4.69, 9.17) is 0 Å². The third kappa shape index (κ3) is 3.42. The van der Waals surface area contributed by atoms with Crippen molar-refractivity contribution in [2.75, 3.05) is 23.3 Å². The average molecular weight is 409 g/mol. The zero-order valence-corrected chi connectivity index (χ0v) is 17.2. The van der Waals surface area contributed by atoms with Gasteiger partial charge in [0.05, 0.1) is 12.2 Å². The second-order valence-electron chi connectivity index (χ2n) is 8.13. The standard InChI is InChI=1S/C24H23N7/c1-2-9-30(10-3-1)23-7-6-22(28-29-23)27-21-13-20(16-31-11-8-26-24(21)31)17-4-5-18-14-25-15-19(18)12-17/h4-8,11-14,16H,1-3,9-10,15H2,(H,27,28). The number of hydrogen-bond acceptors (Lipinski definition) is 6. The number of nitrogens with zero attached hydrogens (tertiary/aromatic N) is 6. The predicted molar refractivity (Wildman–Crippen MR) is 123 cm³/mol. The van der Waals surface area contributed by atoms with Crippen LogP contribution >= 0.6 is 0 Å². The molecule has 4 aromatic rings. The maximum Gasteiger partial charge on any atom is 0.160 e. The van der Waals surface area contributed by atoms with Gasteiger partial charge in [0.25, 0.3) is 0 Å². The first-order valence-electron chi connectivity index (χ1n) is 10.8. The Morgan fingerprint density at radius 1 is 0.903 bits per heavy atom. The molecule has 2 aliphatic rings. The summed E-state index contributed by atoms with van der Waals surface area (Å²) in [5.74, 6) is 1.66. The molecule has 154 valence electrons. The molecule has 1 aromatic carbocycles. The van der Waals surface area contributed by atoms with Crippen molar-refractivity contribution in [3.8, 4) is 11.1 Å². The Morgan fingerprint density at radius 3 is 2.71 bits per heavy atom. The number of aliphatic imine (C=N–C) groups is 1. The van der Waals surface area contributed by atoms with Crippen LogP contribution in [0.5, 0.6) is 0 Å². The van der Waals surface area contributed by atoms with E-state index in [1.807, 2.05) is 35.1 Å². The highest BCUT2D eigenvalue weighted by Crippen LogP contribution is 2.30. The van der Waals surface area contributed by atoms with Crippen molar-refractivity contribution in [2.45, 2.75) is 25.8 Å². The van der Waals surface area contributed by atoms with E-state index in [1.165, 1.54) is 30.4 Å². The minimum atomic E-state index is 0.713. The SMILES string of the molecule is C1=NCc2cc(-c3cc(Nc4ccc(N5CCCCC5)nn4)c4nccn4c3)ccc21. The number of imidazole rings is 1. The minimum Gasteiger partial charge on any atom is -0.355 e. The number of anilines is 3. The van der Waals surface area contributed by atoms with Gasteiger partial charge in [0.15, 0.2) is 17.3 Å². The van der Waals surface area contributed by atoms with Crippen LogP contribution in [0.4, 0.5) is 17.3 Å². The van der Waals surface area contributed by atoms with Gasteiger partial charge >= 0.3 is 0 Å². The summed E-state index contributed by atoms with van der Waals surface area (Å²) in [6, 6.07) is 12.7. The van der Waals surface area contributed by atoms with Crippen molar-refractivity contribution in [3.05, 3.63) is 66.1 Å². The van der Waals surface area contributed by atoms with Crippen LogP contribution in [0.1, 0.15) is 30.4 Å². The van der Waals surface area contributed by atoms with Gasteiger partial charge in [-0.3, -0.25) is 4.99 Å². The molecule has 6 rings (SSSR count). The molecule has 1 saturated heterocycles. The molecular formula is C24H23N7. The van der Waals surface area contributed by atoms with Crippen molar-refractivity contribution < 1.29 is 0 Å². The summed E-state index contributed by atoms with van der Waals surface area (Å²) in [5.41, 5.74) is 6.50. The second kappa shape index (κ2) is 7.50. The monoisotopic (exact) mass is 409 g/mol. The number of rotatable bonds is 4. The van der Waals surface area contributed by atoms with E-state index in [1.54, 1.807) is 0 Å². The Hall–Kier alpha value is -3.74. The molecule has 2 aliphatic heterocycles. The maximum absolute atomic E-state index is 4.52. The Bertz CT molecular complexity index is 1270. The van der Waals surface area contributed by atoms with E-state index in [-0.39, 0.29) is 0 Å². The van der Waals surface area contributed by atoms with Crippen LogP contribution in [0.15, 0.2) is 60.0 Å². The Balaban J connectivity index is 1.32. The largest absolute Gasteiger partial charge is 0.355 e. The Kier molecular flexibility index (Phi) is 4.37. The third-order valence-corrected chi connectivity index (χ3v) is 6.05. The second-order valence-corrected chi connectivity index (χ2v) is 8.13. The Labute approximate surface area is 180 Å². The van der Waals surface area contributed by atoms with Crippen molar-refractivity contribution in [1.29, 1.82) is 0 Å². The summed E-state index contributed by atoms with van der Waals surface area (Å²) < 4.78 is 2.04. The fraction of sp³-hybridized carbons (Fsp3) is 0.250. The highest BCUT2D eigenvalue weighted by Gasteiger charge is 2.14. The van der Waals surface area contributed by atoms with Crippen molar-refractivity contribution in [2.24, 2.45) is 4.99 Å². The fourth-order valence-electron chi connectivity index (χ4n) is 4.39. The molecule has 0 saturated carbocycles. The van der Waals surface area contributed by atoms with Crippen LogP contribution in [-0.4, -0.2) is 38.9 Å². The normalized spacial score (nSPS) is 15.4. The lowest BCUT2D eigenvalue weighted by molar-refractivity contribution is 0.571. The lowest BCUT2D eigenvalue weighted by Gasteiger charge is -2.27. The van der Waals surface area contributed by atoms with E-state index in [9.17, 15) is 0 Å². The van der Waals surface area contributed by atoms with Crippen LogP contribution in [0.3, 0.4) is 0 Å². The summed E-state index contributed by atoms with van der Waals surface area (Å²) in [7, 11) is 0. The van der Waals surface area contributed by atoms with E-state index in [0.717, 1.165) is 47.9 Å². The first-order valence-corrected chi connectivity index (χ1v) is 10.8. The fourth-order valence-corrected chi connectivity index (χ4v) is 4.39. The van der Waals surface area contributed by atoms with Gasteiger partial charge in [0, 0.05) is 43.5 Å². The van der Waals surface area contributed by atoms with E-state index >= 15 is 0 Å². The van der Waals surface area contributed by atoms with Gasteiger partial charge in [0.2, 0.25) is 0 Å². The van der Waals surface area contributed by atoms with Gasteiger partial charge in [-0.05, 0) is 60.2 Å². The predicted octanol–water partition coefficient (Wildman–Crippen LogP) is 4.46. The van der Waals surface area contributed by atoms with Gasteiger partial charge in [-0.1, -0.05) is 12.1 Å². The summed E-state index contributed by atoms with van der Waals surface area (Å²) in [4.78, 5) is 11.2. The molecule has 0 spiro atoms. The summed E-state index contributed by atoms with van der Waals surface area (Å²) in [6.45, 7) is 2.87. The number of piperidine rings is 1. The molecule has 1 N–H and O–H groups in total. The first-order chi connectivity index (χ1) is 15.3. The topological polar surface area (TPSA) is 70.7 Å². The molecule has 3 aromatic heterocycles. The number of benzene rings is 1. The lowest BCUT2D eigenvalue weighted by atomic mass is 10.0. The molecule has 0 bridgehead atoms. The van der Waals surface area contributed by atoms with Crippen molar-refractivity contribution in [3.63, 3.8) is 0 Å². The highest BCUT2D eigenvalue weighted by atomic mass is 15.3. The van der Waals surface area contributed by atoms with E-state index in [0.29, 0.717) is 5.82 Å². The van der Waals surface area contributed by atoms with E-state index in [2.05, 4.69) is 60.9 Å². The quantitative estimate of drug-likeness (QED) is 0.539. The maximum atomic E-state index is 4.52. The molecule has 7 nitrogen and oxygen atoms in total. The zero-order chi connectivity index (χ0) is 20.6. The number of aromatic nitrogens is 4. The molecule has 7 heteroatoms.